The number of fused-ring (bicyclic) bond motifs is 1. The van der Waals surface area contributed by atoms with E-state index < -0.39 is 11.9 Å². The summed E-state index contributed by atoms with van der Waals surface area (Å²) in [5.74, 6) is 0.919. The molecule has 4 rings (SSSR count). The molecule has 1 aliphatic heterocycles. The zero-order chi connectivity index (χ0) is 24.9. The highest BCUT2D eigenvalue weighted by molar-refractivity contribution is 9.10. The zero-order valence-corrected chi connectivity index (χ0v) is 20.8. The summed E-state index contributed by atoms with van der Waals surface area (Å²) < 4.78 is 23.2. The number of esters is 1. The van der Waals surface area contributed by atoms with E-state index >= 15 is 0 Å². The summed E-state index contributed by atoms with van der Waals surface area (Å²) in [5.41, 5.74) is 8.22. The molecule has 2 N–H and O–H groups in total. The van der Waals surface area contributed by atoms with Crippen molar-refractivity contribution in [2.24, 2.45) is 5.73 Å². The number of hydrogen-bond acceptors (Lipinski definition) is 7. The first kappa shape index (κ1) is 24.2. The lowest BCUT2D eigenvalue weighted by atomic mass is 9.83. The molecule has 0 aliphatic carbocycles. The van der Waals surface area contributed by atoms with Crippen LogP contribution in [0.5, 0.6) is 23.0 Å². The lowest BCUT2D eigenvalue weighted by molar-refractivity contribution is 0.0734. The maximum absolute atomic E-state index is 12.7. The summed E-state index contributed by atoms with van der Waals surface area (Å²) in [6, 6.07) is 19.5. The molecule has 35 heavy (non-hydrogen) atoms. The van der Waals surface area contributed by atoms with Gasteiger partial charge in [-0.3, -0.25) is 0 Å². The predicted octanol–water partition coefficient (Wildman–Crippen LogP) is 5.68. The molecule has 0 amide bonds. The predicted molar refractivity (Wildman–Crippen MR) is 134 cm³/mol. The first-order valence-electron chi connectivity index (χ1n) is 10.9. The molecule has 0 radical (unpaired) electrons. The zero-order valence-electron chi connectivity index (χ0n) is 19.2. The fraction of sp³-hybridized carbons (Fsp3) is 0.185. The summed E-state index contributed by atoms with van der Waals surface area (Å²) in [5, 5.41) is 9.82. The molecule has 1 atom stereocenters. The van der Waals surface area contributed by atoms with Gasteiger partial charge in [-0.1, -0.05) is 28.9 Å². The lowest BCUT2D eigenvalue weighted by Gasteiger charge is -2.27. The van der Waals surface area contributed by atoms with E-state index in [1.54, 1.807) is 49.6 Å². The first-order chi connectivity index (χ1) is 16.9. The number of methoxy groups -OCH3 is 1. The van der Waals surface area contributed by atoms with Gasteiger partial charge in [0.15, 0.2) is 0 Å². The van der Waals surface area contributed by atoms with E-state index in [1.807, 2.05) is 25.1 Å². The van der Waals surface area contributed by atoms with Crippen LogP contribution in [0, 0.1) is 11.3 Å². The average Bonchev–Trinajstić information content (AvgIpc) is 2.86. The molecule has 0 fully saturated rings. The van der Waals surface area contributed by atoms with Crippen molar-refractivity contribution in [3.63, 3.8) is 0 Å². The van der Waals surface area contributed by atoms with Gasteiger partial charge in [0.05, 0.1) is 25.2 Å². The molecule has 178 valence electrons. The van der Waals surface area contributed by atoms with Gasteiger partial charge in [0.1, 0.15) is 34.6 Å². The van der Waals surface area contributed by atoms with Crippen molar-refractivity contribution >= 4 is 21.9 Å². The van der Waals surface area contributed by atoms with Crippen LogP contribution in [-0.2, 0) is 0 Å². The van der Waals surface area contributed by atoms with Crippen molar-refractivity contribution in [2.45, 2.75) is 19.3 Å². The minimum absolute atomic E-state index is 0.0156. The van der Waals surface area contributed by atoms with Gasteiger partial charge in [-0.2, -0.15) is 5.26 Å². The van der Waals surface area contributed by atoms with Crippen LogP contribution in [-0.4, -0.2) is 19.7 Å². The number of nitrogens with zero attached hydrogens (tertiary/aromatic N) is 1. The van der Waals surface area contributed by atoms with Gasteiger partial charge in [-0.05, 0) is 55.0 Å². The van der Waals surface area contributed by atoms with E-state index in [4.69, 9.17) is 24.7 Å². The third-order valence-corrected chi connectivity index (χ3v) is 5.96. The molecule has 1 aliphatic rings. The largest absolute Gasteiger partial charge is 0.496 e. The van der Waals surface area contributed by atoms with Crippen LogP contribution in [0.1, 0.15) is 40.7 Å². The maximum Gasteiger partial charge on any atom is 0.343 e. The van der Waals surface area contributed by atoms with E-state index in [-0.39, 0.29) is 17.2 Å². The Bertz CT molecular complexity index is 1330. The topological polar surface area (TPSA) is 104 Å². The Balaban J connectivity index is 1.64. The second kappa shape index (κ2) is 10.5. The van der Waals surface area contributed by atoms with Gasteiger partial charge in [0.25, 0.3) is 0 Å². The van der Waals surface area contributed by atoms with Crippen LogP contribution in [0.25, 0.3) is 0 Å². The quantitative estimate of drug-likeness (QED) is 0.307. The van der Waals surface area contributed by atoms with Gasteiger partial charge >= 0.3 is 5.97 Å². The molecule has 0 bridgehead atoms. The number of nitrogens with two attached hydrogens (primary N) is 1. The monoisotopic (exact) mass is 534 g/mol. The van der Waals surface area contributed by atoms with E-state index in [1.165, 1.54) is 0 Å². The minimum atomic E-state index is -0.519. The molecule has 8 heteroatoms. The number of rotatable bonds is 7. The van der Waals surface area contributed by atoms with Crippen molar-refractivity contribution in [3.05, 3.63) is 93.3 Å². The Morgan fingerprint density at radius 3 is 2.51 bits per heavy atom. The number of hydrogen-bond donors (Lipinski definition) is 1. The second-order valence-electron chi connectivity index (χ2n) is 7.77. The van der Waals surface area contributed by atoms with Gasteiger partial charge in [-0.25, -0.2) is 4.79 Å². The lowest BCUT2D eigenvalue weighted by Crippen LogP contribution is -2.21. The van der Waals surface area contributed by atoms with Crippen molar-refractivity contribution < 1.29 is 23.7 Å². The maximum atomic E-state index is 12.7. The number of carbonyl (C=O) groups is 1. The molecule has 7 nitrogen and oxygen atoms in total. The van der Waals surface area contributed by atoms with Crippen molar-refractivity contribution in [2.75, 3.05) is 13.7 Å². The van der Waals surface area contributed by atoms with Gasteiger partial charge < -0.3 is 24.7 Å². The van der Waals surface area contributed by atoms with Crippen molar-refractivity contribution in [1.82, 2.24) is 0 Å². The fourth-order valence-corrected chi connectivity index (χ4v) is 4.20. The summed E-state index contributed by atoms with van der Waals surface area (Å²) in [4.78, 5) is 12.7. The van der Waals surface area contributed by atoms with Crippen LogP contribution < -0.4 is 24.7 Å². The molecule has 0 spiro atoms. The minimum Gasteiger partial charge on any atom is -0.496 e. The van der Waals surface area contributed by atoms with Gasteiger partial charge in [0, 0.05) is 21.7 Å². The van der Waals surface area contributed by atoms with E-state index in [2.05, 4.69) is 22.0 Å². The molecule has 3 aromatic rings. The van der Waals surface area contributed by atoms with E-state index in [9.17, 15) is 10.1 Å². The number of benzene rings is 3. The van der Waals surface area contributed by atoms with E-state index in [0.717, 1.165) is 16.5 Å². The second-order valence-corrected chi connectivity index (χ2v) is 8.69. The summed E-state index contributed by atoms with van der Waals surface area (Å²) in [6.45, 7) is 2.63. The van der Waals surface area contributed by atoms with Gasteiger partial charge in [-0.15, -0.1) is 0 Å². The number of allylic oxidation sites excluding steroid dienone is 1. The van der Waals surface area contributed by atoms with E-state index in [0.29, 0.717) is 35.0 Å². The molecule has 1 unspecified atom stereocenters. The normalized spacial score (nSPS) is 14.4. The molecular weight excluding hydrogens is 512 g/mol. The smallest absolute Gasteiger partial charge is 0.343 e. The summed E-state index contributed by atoms with van der Waals surface area (Å²) in [7, 11) is 1.57. The Morgan fingerprint density at radius 2 is 1.83 bits per heavy atom. The molecule has 3 aromatic carbocycles. The molecule has 0 saturated heterocycles. The molecule has 1 heterocycles. The van der Waals surface area contributed by atoms with Crippen molar-refractivity contribution in [1.29, 1.82) is 5.26 Å². The highest BCUT2D eigenvalue weighted by Gasteiger charge is 2.33. The summed E-state index contributed by atoms with van der Waals surface area (Å²) >= 11 is 3.48. The third kappa shape index (κ3) is 5.10. The van der Waals surface area contributed by atoms with Crippen LogP contribution >= 0.6 is 15.9 Å². The Morgan fingerprint density at radius 1 is 1.09 bits per heavy atom. The van der Waals surface area contributed by atoms with Crippen LogP contribution in [0.4, 0.5) is 0 Å². The highest BCUT2D eigenvalue weighted by atomic mass is 79.9. The number of halogens is 1. The van der Waals surface area contributed by atoms with Crippen LogP contribution in [0.15, 0.2) is 76.6 Å². The number of ether oxygens (including phenoxy) is 4. The molecular formula is C27H23BrN2O5. The summed E-state index contributed by atoms with van der Waals surface area (Å²) in [6.07, 6.45) is 0.898. The Hall–Kier alpha value is -3.96. The SMILES string of the molecule is CCCOc1ccc(C(=O)Oc2ccc3c(c2)OC(N)=C(C#N)C3c2cc(Br)ccc2OC)cc1. The standard InChI is InChI=1S/C27H23BrN2O5/c1-3-12-33-18-7-4-16(5-8-18)27(31)34-19-9-10-20-24(14-19)35-26(30)22(15-29)25(20)21-13-17(28)6-11-23(21)32-2/h4-11,13-14,25H,3,12,30H2,1-2H3. The van der Waals surface area contributed by atoms with Gasteiger partial charge in [0.2, 0.25) is 5.88 Å². The number of nitriles is 1. The molecule has 0 aromatic heterocycles. The third-order valence-electron chi connectivity index (χ3n) is 5.47. The van der Waals surface area contributed by atoms with Crippen LogP contribution in [0.2, 0.25) is 0 Å². The van der Waals surface area contributed by atoms with Crippen LogP contribution in [0.3, 0.4) is 0 Å². The Labute approximate surface area is 211 Å². The highest BCUT2D eigenvalue weighted by Crippen LogP contribution is 2.46. The Kier molecular flexibility index (Phi) is 7.28. The van der Waals surface area contributed by atoms with Crippen molar-refractivity contribution in [3.8, 4) is 29.1 Å². The average molecular weight is 535 g/mol. The molecule has 0 saturated carbocycles. The number of carbonyl (C=O) groups excluding carboxylic acids is 1. The first-order valence-corrected chi connectivity index (χ1v) is 11.7. The fourth-order valence-electron chi connectivity index (χ4n) is 3.82.